The number of carbonyl (C=O) groups is 1. The standard InChI is InChI=1S/C23H29ClFN7O6S2/c1-13(2)32-11-17(18-6-7-26-22(29-18)27-10-14(3)28-23(33)38-4)21(30-32)16-8-15(24)9-19(20(16)25)31-40(36,37)12-39(5,34)35/h6-9,11,13-14,31H,10,12H2,1-5H3,(H,28,33)(H,26,27,29). The fourth-order valence-electron chi connectivity index (χ4n) is 3.51. The molecule has 2 aromatic heterocycles. The quantitative estimate of drug-likeness (QED) is 0.290. The van der Waals surface area contributed by atoms with Gasteiger partial charge >= 0.3 is 6.09 Å². The lowest BCUT2D eigenvalue weighted by molar-refractivity contribution is 0.168. The minimum atomic E-state index is -4.45. The Morgan fingerprint density at radius 2 is 1.88 bits per heavy atom. The number of benzene rings is 1. The van der Waals surface area contributed by atoms with Crippen molar-refractivity contribution >= 4 is 49.2 Å². The van der Waals surface area contributed by atoms with Gasteiger partial charge in [0.25, 0.3) is 0 Å². The monoisotopic (exact) mass is 617 g/mol. The van der Waals surface area contributed by atoms with Crippen molar-refractivity contribution in [3.05, 3.63) is 41.4 Å². The highest BCUT2D eigenvalue weighted by Gasteiger charge is 2.25. The Balaban J connectivity index is 2.04. The van der Waals surface area contributed by atoms with Gasteiger partial charge in [-0.3, -0.25) is 9.40 Å². The van der Waals surface area contributed by atoms with Crippen LogP contribution in [0.1, 0.15) is 26.8 Å². The van der Waals surface area contributed by atoms with Crippen LogP contribution in [0.15, 0.2) is 30.6 Å². The number of alkyl carbamates (subject to hydrolysis) is 1. The largest absolute Gasteiger partial charge is 0.453 e. The third kappa shape index (κ3) is 8.25. The second-order valence-corrected chi connectivity index (χ2v) is 13.9. The van der Waals surface area contributed by atoms with Gasteiger partial charge in [-0.15, -0.1) is 0 Å². The van der Waals surface area contributed by atoms with Gasteiger partial charge in [-0.1, -0.05) is 11.6 Å². The number of sulfone groups is 1. The number of aromatic nitrogens is 4. The van der Waals surface area contributed by atoms with Crippen LogP contribution in [-0.2, 0) is 24.6 Å². The summed E-state index contributed by atoms with van der Waals surface area (Å²) in [5.74, 6) is -0.785. The zero-order valence-corrected chi connectivity index (χ0v) is 24.7. The topological polar surface area (TPSA) is 174 Å². The highest BCUT2D eigenvalue weighted by Crippen LogP contribution is 2.37. The molecule has 0 saturated heterocycles. The number of ether oxygens (including phenoxy) is 1. The fourth-order valence-corrected chi connectivity index (χ4v) is 6.70. The first-order valence-electron chi connectivity index (χ1n) is 11.8. The average molecular weight is 618 g/mol. The van der Waals surface area contributed by atoms with E-state index in [0.717, 1.165) is 12.3 Å². The third-order valence-electron chi connectivity index (χ3n) is 5.24. The van der Waals surface area contributed by atoms with Gasteiger partial charge in [-0.2, -0.15) is 5.10 Å². The first-order valence-corrected chi connectivity index (χ1v) is 15.9. The molecule has 1 aromatic carbocycles. The lowest BCUT2D eigenvalue weighted by atomic mass is 10.0. The number of halogens is 2. The number of carbonyl (C=O) groups excluding carboxylic acids is 1. The van der Waals surface area contributed by atoms with Crippen LogP contribution >= 0.6 is 11.6 Å². The van der Waals surface area contributed by atoms with Crippen LogP contribution in [0.5, 0.6) is 0 Å². The van der Waals surface area contributed by atoms with E-state index in [2.05, 4.69) is 30.4 Å². The molecule has 17 heteroatoms. The zero-order valence-electron chi connectivity index (χ0n) is 22.3. The SMILES string of the molecule is COC(=O)NC(C)CNc1nccc(-c2cn(C(C)C)nc2-c2cc(Cl)cc(NS(=O)(=O)CS(C)(=O)=O)c2F)n1. The van der Waals surface area contributed by atoms with Crippen molar-refractivity contribution in [2.24, 2.45) is 0 Å². The molecule has 0 aliphatic carbocycles. The van der Waals surface area contributed by atoms with E-state index in [1.165, 1.54) is 19.4 Å². The molecule has 40 heavy (non-hydrogen) atoms. The second-order valence-electron chi connectivity index (χ2n) is 9.22. The zero-order chi connectivity index (χ0) is 29.8. The first kappa shape index (κ1) is 31.0. The Labute approximate surface area is 236 Å². The molecule has 0 radical (unpaired) electrons. The molecule has 218 valence electrons. The van der Waals surface area contributed by atoms with Crippen LogP contribution in [-0.4, -0.2) is 73.7 Å². The van der Waals surface area contributed by atoms with Crippen molar-refractivity contribution in [3.8, 4) is 22.5 Å². The number of hydrogen-bond acceptors (Lipinski definition) is 10. The van der Waals surface area contributed by atoms with Crippen molar-refractivity contribution < 1.29 is 30.8 Å². The Bertz CT molecular complexity index is 1610. The van der Waals surface area contributed by atoms with Gasteiger partial charge < -0.3 is 15.4 Å². The van der Waals surface area contributed by atoms with E-state index in [4.69, 9.17) is 11.6 Å². The Morgan fingerprint density at radius 3 is 2.50 bits per heavy atom. The van der Waals surface area contributed by atoms with Crippen molar-refractivity contribution in [2.45, 2.75) is 32.9 Å². The number of nitrogens with zero attached hydrogens (tertiary/aromatic N) is 4. The molecule has 0 bridgehead atoms. The maximum absolute atomic E-state index is 15.8. The highest BCUT2D eigenvalue weighted by molar-refractivity contribution is 8.08. The number of hydrogen-bond donors (Lipinski definition) is 3. The highest BCUT2D eigenvalue weighted by atomic mass is 35.5. The van der Waals surface area contributed by atoms with Crippen molar-refractivity contribution in [1.29, 1.82) is 0 Å². The van der Waals surface area contributed by atoms with Crippen LogP contribution in [0.4, 0.5) is 20.8 Å². The summed E-state index contributed by atoms with van der Waals surface area (Å²) in [4.78, 5) is 20.1. The van der Waals surface area contributed by atoms with Gasteiger partial charge in [-0.05, 0) is 39.0 Å². The van der Waals surface area contributed by atoms with Gasteiger partial charge in [0.2, 0.25) is 16.0 Å². The molecule has 0 aliphatic rings. The molecule has 13 nitrogen and oxygen atoms in total. The normalized spacial score (nSPS) is 12.7. The van der Waals surface area contributed by atoms with Gasteiger partial charge in [-0.25, -0.2) is 36.0 Å². The van der Waals surface area contributed by atoms with Gasteiger partial charge in [0, 0.05) is 53.4 Å². The Kier molecular flexibility index (Phi) is 9.58. The van der Waals surface area contributed by atoms with Crippen LogP contribution < -0.4 is 15.4 Å². The summed E-state index contributed by atoms with van der Waals surface area (Å²) in [6.45, 7) is 5.75. The lowest BCUT2D eigenvalue weighted by Gasteiger charge is -2.14. The molecule has 2 heterocycles. The van der Waals surface area contributed by atoms with Gasteiger partial charge in [0.05, 0.1) is 18.5 Å². The van der Waals surface area contributed by atoms with E-state index in [0.29, 0.717) is 11.3 Å². The smallest absolute Gasteiger partial charge is 0.407 e. The number of nitrogens with one attached hydrogen (secondary N) is 3. The molecule has 3 aromatic rings. The molecule has 3 N–H and O–H groups in total. The summed E-state index contributed by atoms with van der Waals surface area (Å²) < 4.78 is 71.6. The summed E-state index contributed by atoms with van der Waals surface area (Å²) in [6, 6.07) is 3.46. The van der Waals surface area contributed by atoms with E-state index in [1.807, 2.05) is 18.6 Å². The molecule has 1 amide bonds. The molecule has 0 fully saturated rings. The first-order chi connectivity index (χ1) is 18.6. The van der Waals surface area contributed by atoms with Crippen molar-refractivity contribution in [3.63, 3.8) is 0 Å². The summed E-state index contributed by atoms with van der Waals surface area (Å²) in [5.41, 5.74) is 0.205. The van der Waals surface area contributed by atoms with Gasteiger partial charge in [0.1, 0.15) is 5.69 Å². The average Bonchev–Trinajstić information content (AvgIpc) is 3.29. The number of sulfonamides is 1. The van der Waals surface area contributed by atoms with Crippen LogP contribution in [0.25, 0.3) is 22.5 Å². The van der Waals surface area contributed by atoms with E-state index in [1.54, 1.807) is 23.9 Å². The predicted molar refractivity (Wildman–Crippen MR) is 150 cm³/mol. The van der Waals surface area contributed by atoms with E-state index in [9.17, 15) is 21.6 Å². The Hall–Kier alpha value is -3.50. The molecule has 0 aliphatic heterocycles. The van der Waals surface area contributed by atoms with Crippen LogP contribution in [0, 0.1) is 5.82 Å². The predicted octanol–water partition coefficient (Wildman–Crippen LogP) is 3.28. The summed E-state index contributed by atoms with van der Waals surface area (Å²) in [7, 11) is -7.12. The van der Waals surface area contributed by atoms with Crippen LogP contribution in [0.3, 0.4) is 0 Å². The number of anilines is 2. The number of methoxy groups -OCH3 is 1. The number of rotatable bonds is 11. The maximum atomic E-state index is 15.8. The van der Waals surface area contributed by atoms with Crippen molar-refractivity contribution in [1.82, 2.24) is 25.1 Å². The van der Waals surface area contributed by atoms with Crippen molar-refractivity contribution in [2.75, 3.05) is 35.0 Å². The minimum absolute atomic E-state index is 0.0179. The minimum Gasteiger partial charge on any atom is -0.453 e. The number of amides is 1. The fraction of sp³-hybridized carbons (Fsp3) is 0.391. The molecule has 0 spiro atoms. The summed E-state index contributed by atoms with van der Waals surface area (Å²) in [6.07, 6.45) is 3.30. The van der Waals surface area contributed by atoms with E-state index in [-0.39, 0.29) is 40.9 Å². The molecule has 1 unspecified atom stereocenters. The molecule has 3 rings (SSSR count). The molecule has 1 atom stereocenters. The van der Waals surface area contributed by atoms with Crippen LogP contribution in [0.2, 0.25) is 5.02 Å². The third-order valence-corrected chi connectivity index (χ3v) is 8.94. The summed E-state index contributed by atoms with van der Waals surface area (Å²) in [5, 5.41) is 8.86. The molecule has 0 saturated carbocycles. The Morgan fingerprint density at radius 1 is 1.18 bits per heavy atom. The van der Waals surface area contributed by atoms with E-state index < -0.39 is 42.5 Å². The second kappa shape index (κ2) is 12.3. The van der Waals surface area contributed by atoms with E-state index >= 15 is 4.39 Å². The van der Waals surface area contributed by atoms with Gasteiger partial charge in [0.15, 0.2) is 20.7 Å². The summed E-state index contributed by atoms with van der Waals surface area (Å²) >= 11 is 6.22. The molecular weight excluding hydrogens is 589 g/mol. The maximum Gasteiger partial charge on any atom is 0.407 e. The lowest BCUT2D eigenvalue weighted by Crippen LogP contribution is -2.37. The molecular formula is C23H29ClFN7O6S2.